The van der Waals surface area contributed by atoms with Crippen LogP contribution in [0.1, 0.15) is 12.5 Å². The standard InChI is InChI=1S/C11H13NS/c1-11(8-13-2)7-12-10-6-4-3-5-9(10)11/h3-7H,8H2,1-2H3. The van der Waals surface area contributed by atoms with E-state index in [1.54, 1.807) is 0 Å². The molecule has 0 aliphatic carbocycles. The van der Waals surface area contributed by atoms with Crippen molar-refractivity contribution in [2.45, 2.75) is 12.3 Å². The van der Waals surface area contributed by atoms with E-state index in [0.717, 1.165) is 11.4 Å². The van der Waals surface area contributed by atoms with Gasteiger partial charge in [-0.1, -0.05) is 18.2 Å². The molecular formula is C11H13NS. The number of benzene rings is 1. The lowest BCUT2D eigenvalue weighted by Gasteiger charge is -2.20. The van der Waals surface area contributed by atoms with Crippen LogP contribution in [0.25, 0.3) is 0 Å². The van der Waals surface area contributed by atoms with E-state index in [4.69, 9.17) is 0 Å². The molecule has 2 rings (SSSR count). The van der Waals surface area contributed by atoms with E-state index in [2.05, 4.69) is 42.6 Å². The summed E-state index contributed by atoms with van der Waals surface area (Å²) in [6.45, 7) is 2.25. The van der Waals surface area contributed by atoms with E-state index in [9.17, 15) is 0 Å². The van der Waals surface area contributed by atoms with Crippen LogP contribution in [0.4, 0.5) is 5.69 Å². The topological polar surface area (TPSA) is 12.4 Å². The highest BCUT2D eigenvalue weighted by Gasteiger charge is 2.30. The molecule has 0 N–H and O–H groups in total. The average Bonchev–Trinajstić information content (AvgIpc) is 2.46. The fraction of sp³-hybridized carbons (Fsp3) is 0.364. The van der Waals surface area contributed by atoms with Crippen LogP contribution >= 0.6 is 11.8 Å². The van der Waals surface area contributed by atoms with Crippen LogP contribution in [-0.4, -0.2) is 18.2 Å². The summed E-state index contributed by atoms with van der Waals surface area (Å²) in [6, 6.07) is 8.39. The molecule has 1 nitrogen and oxygen atoms in total. The molecule has 1 aromatic carbocycles. The van der Waals surface area contributed by atoms with Gasteiger partial charge in [0.25, 0.3) is 0 Å². The Morgan fingerprint density at radius 1 is 1.38 bits per heavy atom. The van der Waals surface area contributed by atoms with Crippen molar-refractivity contribution >= 4 is 23.7 Å². The summed E-state index contributed by atoms with van der Waals surface area (Å²) >= 11 is 1.87. The van der Waals surface area contributed by atoms with Crippen molar-refractivity contribution in [3.8, 4) is 0 Å². The van der Waals surface area contributed by atoms with Crippen LogP contribution in [0.3, 0.4) is 0 Å². The van der Waals surface area contributed by atoms with Crippen LogP contribution in [0, 0.1) is 0 Å². The minimum Gasteiger partial charge on any atom is -0.260 e. The van der Waals surface area contributed by atoms with Gasteiger partial charge in [0.05, 0.1) is 5.69 Å². The van der Waals surface area contributed by atoms with Gasteiger partial charge in [0, 0.05) is 17.4 Å². The second-order valence-electron chi connectivity index (χ2n) is 3.63. The number of hydrogen-bond acceptors (Lipinski definition) is 2. The maximum atomic E-state index is 4.43. The van der Waals surface area contributed by atoms with Gasteiger partial charge in [-0.25, -0.2) is 0 Å². The Kier molecular flexibility index (Phi) is 2.16. The highest BCUT2D eigenvalue weighted by Crippen LogP contribution is 2.37. The molecule has 0 radical (unpaired) electrons. The molecule has 0 bridgehead atoms. The van der Waals surface area contributed by atoms with Crippen LogP contribution in [0.15, 0.2) is 29.3 Å². The van der Waals surface area contributed by atoms with Crippen molar-refractivity contribution in [2.75, 3.05) is 12.0 Å². The summed E-state index contributed by atoms with van der Waals surface area (Å²) in [7, 11) is 0. The number of rotatable bonds is 2. The molecule has 0 fully saturated rings. The van der Waals surface area contributed by atoms with Gasteiger partial charge < -0.3 is 0 Å². The van der Waals surface area contributed by atoms with Gasteiger partial charge in [0.2, 0.25) is 0 Å². The van der Waals surface area contributed by atoms with E-state index >= 15 is 0 Å². The van der Waals surface area contributed by atoms with Crippen LogP contribution in [0.2, 0.25) is 0 Å². The van der Waals surface area contributed by atoms with Crippen LogP contribution < -0.4 is 0 Å². The van der Waals surface area contributed by atoms with Crippen molar-refractivity contribution in [1.82, 2.24) is 0 Å². The van der Waals surface area contributed by atoms with E-state index in [0.29, 0.717) is 0 Å². The molecule has 0 saturated heterocycles. The third-order valence-corrected chi connectivity index (χ3v) is 3.34. The zero-order valence-corrected chi connectivity index (χ0v) is 8.77. The Labute approximate surface area is 83.3 Å². The minimum atomic E-state index is 0.149. The van der Waals surface area contributed by atoms with Gasteiger partial charge in [-0.15, -0.1) is 0 Å². The first-order chi connectivity index (χ1) is 6.26. The SMILES string of the molecule is CSCC1(C)C=Nc2ccccc21. The molecule has 1 aliphatic rings. The smallest absolute Gasteiger partial charge is 0.0667 e. The number of para-hydroxylation sites is 1. The largest absolute Gasteiger partial charge is 0.260 e. The molecule has 1 aliphatic heterocycles. The van der Waals surface area contributed by atoms with Crippen molar-refractivity contribution in [3.63, 3.8) is 0 Å². The highest BCUT2D eigenvalue weighted by molar-refractivity contribution is 7.98. The van der Waals surface area contributed by atoms with Gasteiger partial charge in [0.15, 0.2) is 0 Å². The lowest BCUT2D eigenvalue weighted by molar-refractivity contribution is 0.768. The Morgan fingerprint density at radius 3 is 2.92 bits per heavy atom. The minimum absolute atomic E-state index is 0.149. The normalized spacial score (nSPS) is 24.8. The van der Waals surface area contributed by atoms with Crippen LogP contribution in [0.5, 0.6) is 0 Å². The van der Waals surface area contributed by atoms with Crippen molar-refractivity contribution in [1.29, 1.82) is 0 Å². The fourth-order valence-corrected chi connectivity index (χ4v) is 2.60. The summed E-state index contributed by atoms with van der Waals surface area (Å²) in [6.07, 6.45) is 4.22. The molecule has 0 aromatic heterocycles. The monoisotopic (exact) mass is 191 g/mol. The molecule has 2 heteroatoms. The number of thioether (sulfide) groups is 1. The number of hydrogen-bond donors (Lipinski definition) is 0. The first kappa shape index (κ1) is 8.82. The molecule has 68 valence electrons. The van der Waals surface area contributed by atoms with Gasteiger partial charge >= 0.3 is 0 Å². The highest BCUT2D eigenvalue weighted by atomic mass is 32.2. The Balaban J connectivity index is 2.42. The summed E-state index contributed by atoms with van der Waals surface area (Å²) in [5.41, 5.74) is 2.65. The molecular weight excluding hydrogens is 178 g/mol. The third kappa shape index (κ3) is 1.39. The maximum absolute atomic E-state index is 4.43. The maximum Gasteiger partial charge on any atom is 0.0667 e. The lowest BCUT2D eigenvalue weighted by Crippen LogP contribution is -2.23. The number of nitrogens with zero attached hydrogens (tertiary/aromatic N) is 1. The molecule has 0 spiro atoms. The van der Waals surface area contributed by atoms with Crippen LogP contribution in [-0.2, 0) is 5.41 Å². The average molecular weight is 191 g/mol. The van der Waals surface area contributed by atoms with Gasteiger partial charge in [-0.05, 0) is 24.8 Å². The third-order valence-electron chi connectivity index (χ3n) is 2.45. The van der Waals surface area contributed by atoms with E-state index in [-0.39, 0.29) is 5.41 Å². The quantitative estimate of drug-likeness (QED) is 0.700. The Hall–Kier alpha value is -0.760. The first-order valence-electron chi connectivity index (χ1n) is 4.40. The van der Waals surface area contributed by atoms with Gasteiger partial charge in [0.1, 0.15) is 0 Å². The summed E-state index contributed by atoms with van der Waals surface area (Å²) in [5, 5.41) is 0. The zero-order valence-electron chi connectivity index (χ0n) is 7.95. The Morgan fingerprint density at radius 2 is 2.15 bits per heavy atom. The summed E-state index contributed by atoms with van der Waals surface area (Å²) < 4.78 is 0. The van der Waals surface area contributed by atoms with Crippen molar-refractivity contribution in [3.05, 3.63) is 29.8 Å². The van der Waals surface area contributed by atoms with Crippen molar-refractivity contribution < 1.29 is 0 Å². The molecule has 0 amide bonds. The molecule has 1 heterocycles. The van der Waals surface area contributed by atoms with E-state index < -0.39 is 0 Å². The molecule has 1 unspecified atom stereocenters. The molecule has 1 aromatic rings. The zero-order chi connectivity index (χ0) is 9.31. The Bertz CT molecular complexity index is 346. The summed E-state index contributed by atoms with van der Waals surface area (Å²) in [5.74, 6) is 1.10. The molecule has 1 atom stereocenters. The fourth-order valence-electron chi connectivity index (χ4n) is 1.77. The second kappa shape index (κ2) is 3.18. The predicted octanol–water partition coefficient (Wildman–Crippen LogP) is 3.02. The second-order valence-corrected chi connectivity index (χ2v) is 4.49. The molecule has 13 heavy (non-hydrogen) atoms. The van der Waals surface area contributed by atoms with E-state index in [1.807, 2.05) is 17.8 Å². The summed E-state index contributed by atoms with van der Waals surface area (Å²) in [4.78, 5) is 4.43. The first-order valence-corrected chi connectivity index (χ1v) is 5.79. The predicted molar refractivity (Wildman–Crippen MR) is 60.3 cm³/mol. The van der Waals surface area contributed by atoms with E-state index in [1.165, 1.54) is 5.56 Å². The lowest BCUT2D eigenvalue weighted by atomic mass is 9.87. The number of aliphatic imine (C=N–C) groups is 1. The number of fused-ring (bicyclic) bond motifs is 1. The molecule has 0 saturated carbocycles. The van der Waals surface area contributed by atoms with Gasteiger partial charge in [-0.2, -0.15) is 11.8 Å². The van der Waals surface area contributed by atoms with Gasteiger partial charge in [-0.3, -0.25) is 4.99 Å². The van der Waals surface area contributed by atoms with Crippen molar-refractivity contribution in [2.24, 2.45) is 4.99 Å².